The summed E-state index contributed by atoms with van der Waals surface area (Å²) in [7, 11) is 0. The van der Waals surface area contributed by atoms with Gasteiger partial charge >= 0.3 is 0 Å². The number of amides is 1. The van der Waals surface area contributed by atoms with Gasteiger partial charge in [0.15, 0.2) is 0 Å². The summed E-state index contributed by atoms with van der Waals surface area (Å²) in [6, 6.07) is 20.1. The first kappa shape index (κ1) is 18.1. The van der Waals surface area contributed by atoms with Crippen molar-refractivity contribution in [1.29, 1.82) is 0 Å². The Morgan fingerprint density at radius 2 is 1.46 bits per heavy atom. The first-order chi connectivity index (χ1) is 13.8. The van der Waals surface area contributed by atoms with Crippen LogP contribution in [0.3, 0.4) is 0 Å². The summed E-state index contributed by atoms with van der Waals surface area (Å²) in [4.78, 5) is 25.6. The second kappa shape index (κ2) is 8.63. The summed E-state index contributed by atoms with van der Waals surface area (Å²) in [5.41, 5.74) is 2.74. The lowest BCUT2D eigenvalue weighted by molar-refractivity contribution is 0.0627. The Balaban J connectivity index is 1.31. The Bertz CT molecular complexity index is 891. The summed E-state index contributed by atoms with van der Waals surface area (Å²) < 4.78 is 0. The van der Waals surface area contributed by atoms with Gasteiger partial charge in [0.2, 0.25) is 5.95 Å². The van der Waals surface area contributed by atoms with E-state index >= 15 is 0 Å². The summed E-state index contributed by atoms with van der Waals surface area (Å²) >= 11 is 0. The molecule has 1 saturated heterocycles. The van der Waals surface area contributed by atoms with Crippen LogP contribution in [0.5, 0.6) is 0 Å². The second-order valence-electron chi connectivity index (χ2n) is 6.84. The third-order valence-electron chi connectivity index (χ3n) is 4.84. The predicted octanol–water partition coefficient (Wildman–Crippen LogP) is 3.18. The molecular weight excluding hydrogens is 350 g/mol. The number of piperazine rings is 1. The molecule has 0 radical (unpaired) electrons. The Morgan fingerprint density at radius 1 is 0.857 bits per heavy atom. The molecule has 0 saturated carbocycles. The van der Waals surface area contributed by atoms with Crippen molar-refractivity contribution in [3.05, 3.63) is 84.2 Å². The van der Waals surface area contributed by atoms with Crippen LogP contribution in [0.2, 0.25) is 0 Å². The highest BCUT2D eigenvalue weighted by Crippen LogP contribution is 2.14. The molecule has 0 unspecified atom stereocenters. The van der Waals surface area contributed by atoms with Gasteiger partial charge in [-0.1, -0.05) is 48.5 Å². The quantitative estimate of drug-likeness (QED) is 0.744. The van der Waals surface area contributed by atoms with E-state index in [1.54, 1.807) is 12.4 Å². The molecule has 4 rings (SSSR count). The van der Waals surface area contributed by atoms with Gasteiger partial charge in [0, 0.05) is 50.8 Å². The third kappa shape index (κ3) is 4.53. The van der Waals surface area contributed by atoms with Gasteiger partial charge in [0.1, 0.15) is 0 Å². The van der Waals surface area contributed by atoms with Crippen LogP contribution < -0.4 is 5.32 Å². The van der Waals surface area contributed by atoms with Gasteiger partial charge in [-0.05, 0) is 17.7 Å². The van der Waals surface area contributed by atoms with Crippen LogP contribution in [-0.4, -0.2) is 51.9 Å². The van der Waals surface area contributed by atoms with E-state index in [0.29, 0.717) is 11.5 Å². The average molecular weight is 373 g/mol. The number of hydrogen-bond donors (Lipinski definition) is 1. The molecule has 1 amide bonds. The molecule has 6 heteroatoms. The highest BCUT2D eigenvalue weighted by molar-refractivity contribution is 5.93. The molecule has 2 heterocycles. The van der Waals surface area contributed by atoms with Crippen molar-refractivity contribution in [3.63, 3.8) is 0 Å². The molecule has 142 valence electrons. The van der Waals surface area contributed by atoms with E-state index in [9.17, 15) is 4.79 Å². The summed E-state index contributed by atoms with van der Waals surface area (Å²) in [6.07, 6.45) is 3.19. The minimum absolute atomic E-state index is 0.00868. The number of rotatable bonds is 5. The van der Waals surface area contributed by atoms with E-state index in [1.165, 1.54) is 5.56 Å². The minimum Gasteiger partial charge on any atom is -0.336 e. The molecule has 1 fully saturated rings. The van der Waals surface area contributed by atoms with Crippen LogP contribution in [0.1, 0.15) is 15.9 Å². The summed E-state index contributed by atoms with van der Waals surface area (Å²) in [6.45, 7) is 4.10. The number of anilines is 2. The van der Waals surface area contributed by atoms with Crippen molar-refractivity contribution in [2.45, 2.75) is 6.54 Å². The van der Waals surface area contributed by atoms with Gasteiger partial charge in [-0.3, -0.25) is 9.69 Å². The van der Waals surface area contributed by atoms with E-state index in [1.807, 2.05) is 41.3 Å². The van der Waals surface area contributed by atoms with Crippen LogP contribution in [0.25, 0.3) is 0 Å². The van der Waals surface area contributed by atoms with E-state index in [-0.39, 0.29) is 5.91 Å². The Kier molecular flexibility index (Phi) is 5.58. The maximum Gasteiger partial charge on any atom is 0.257 e. The van der Waals surface area contributed by atoms with E-state index in [2.05, 4.69) is 44.5 Å². The Morgan fingerprint density at radius 3 is 2.11 bits per heavy atom. The number of carbonyl (C=O) groups excluding carboxylic acids is 1. The molecule has 0 aliphatic carbocycles. The van der Waals surface area contributed by atoms with Gasteiger partial charge in [-0.2, -0.15) is 0 Å². The molecule has 28 heavy (non-hydrogen) atoms. The van der Waals surface area contributed by atoms with Gasteiger partial charge < -0.3 is 10.2 Å². The molecule has 0 atom stereocenters. The molecule has 0 spiro atoms. The normalized spacial score (nSPS) is 14.6. The zero-order chi connectivity index (χ0) is 19.2. The van der Waals surface area contributed by atoms with E-state index in [4.69, 9.17) is 0 Å². The fraction of sp³-hybridized carbons (Fsp3) is 0.227. The van der Waals surface area contributed by atoms with Crippen LogP contribution in [0, 0.1) is 0 Å². The lowest BCUT2D eigenvalue weighted by atomic mass is 10.2. The van der Waals surface area contributed by atoms with Crippen molar-refractivity contribution in [2.24, 2.45) is 0 Å². The predicted molar refractivity (Wildman–Crippen MR) is 109 cm³/mol. The monoisotopic (exact) mass is 373 g/mol. The van der Waals surface area contributed by atoms with Crippen molar-refractivity contribution >= 4 is 17.5 Å². The number of carbonyl (C=O) groups is 1. The fourth-order valence-corrected chi connectivity index (χ4v) is 3.29. The molecule has 1 aliphatic heterocycles. The number of benzene rings is 2. The SMILES string of the molecule is O=C(c1cnc(Nc2ccccc2)nc1)N1CCN(Cc2ccccc2)CC1. The molecule has 1 N–H and O–H groups in total. The number of hydrogen-bond acceptors (Lipinski definition) is 5. The zero-order valence-electron chi connectivity index (χ0n) is 15.7. The van der Waals surface area contributed by atoms with Crippen molar-refractivity contribution in [2.75, 3.05) is 31.5 Å². The van der Waals surface area contributed by atoms with Gasteiger partial charge in [-0.25, -0.2) is 9.97 Å². The molecular formula is C22H23N5O. The van der Waals surface area contributed by atoms with Crippen LogP contribution in [-0.2, 0) is 6.54 Å². The van der Waals surface area contributed by atoms with Gasteiger partial charge in [0.05, 0.1) is 5.56 Å². The highest BCUT2D eigenvalue weighted by Gasteiger charge is 2.22. The highest BCUT2D eigenvalue weighted by atomic mass is 16.2. The Hall–Kier alpha value is -3.25. The van der Waals surface area contributed by atoms with Crippen LogP contribution in [0.4, 0.5) is 11.6 Å². The molecule has 1 aliphatic rings. The number of para-hydroxylation sites is 1. The number of nitrogens with zero attached hydrogens (tertiary/aromatic N) is 4. The topological polar surface area (TPSA) is 61.4 Å². The maximum absolute atomic E-state index is 12.7. The maximum atomic E-state index is 12.7. The largest absolute Gasteiger partial charge is 0.336 e. The molecule has 1 aromatic heterocycles. The second-order valence-corrected chi connectivity index (χ2v) is 6.84. The lowest BCUT2D eigenvalue weighted by Crippen LogP contribution is -2.48. The number of aromatic nitrogens is 2. The average Bonchev–Trinajstić information content (AvgIpc) is 2.76. The standard InChI is InChI=1S/C22H23N5O/c28-21(19-15-23-22(24-16-19)25-20-9-5-2-6-10-20)27-13-11-26(12-14-27)17-18-7-3-1-4-8-18/h1-10,15-16H,11-14,17H2,(H,23,24,25). The first-order valence-corrected chi connectivity index (χ1v) is 9.47. The van der Waals surface area contributed by atoms with Crippen LogP contribution >= 0.6 is 0 Å². The van der Waals surface area contributed by atoms with E-state index in [0.717, 1.165) is 38.4 Å². The van der Waals surface area contributed by atoms with Crippen LogP contribution in [0.15, 0.2) is 73.1 Å². The molecule has 2 aromatic carbocycles. The summed E-state index contributed by atoms with van der Waals surface area (Å²) in [5.74, 6) is 0.473. The minimum atomic E-state index is -0.00868. The van der Waals surface area contributed by atoms with Crippen molar-refractivity contribution < 1.29 is 4.79 Å². The van der Waals surface area contributed by atoms with Crippen molar-refractivity contribution in [3.8, 4) is 0 Å². The van der Waals surface area contributed by atoms with E-state index < -0.39 is 0 Å². The first-order valence-electron chi connectivity index (χ1n) is 9.47. The smallest absolute Gasteiger partial charge is 0.257 e. The summed E-state index contributed by atoms with van der Waals surface area (Å²) in [5, 5.41) is 3.12. The zero-order valence-corrected chi connectivity index (χ0v) is 15.7. The third-order valence-corrected chi connectivity index (χ3v) is 4.84. The molecule has 3 aromatic rings. The van der Waals surface area contributed by atoms with Gasteiger partial charge in [0.25, 0.3) is 5.91 Å². The van der Waals surface area contributed by atoms with Crippen molar-refractivity contribution in [1.82, 2.24) is 19.8 Å². The molecule has 0 bridgehead atoms. The number of nitrogens with one attached hydrogen (secondary N) is 1. The lowest BCUT2D eigenvalue weighted by Gasteiger charge is -2.34. The molecule has 6 nitrogen and oxygen atoms in total. The van der Waals surface area contributed by atoms with Gasteiger partial charge in [-0.15, -0.1) is 0 Å². The Labute approximate surface area is 164 Å². The fourth-order valence-electron chi connectivity index (χ4n) is 3.29.